The first-order valence-electron chi connectivity index (χ1n) is 4.47. The van der Waals surface area contributed by atoms with Gasteiger partial charge in [-0.15, -0.1) is 0 Å². The highest BCUT2D eigenvalue weighted by Crippen LogP contribution is 2.18. The first kappa shape index (κ1) is 9.64. The van der Waals surface area contributed by atoms with E-state index in [4.69, 9.17) is 0 Å². The molecular formula is C10H10FN3O. The molecule has 2 rings (SSSR count). The van der Waals surface area contributed by atoms with Crippen LogP contribution < -0.4 is 5.32 Å². The molecule has 0 fully saturated rings. The van der Waals surface area contributed by atoms with Crippen LogP contribution in [0.1, 0.15) is 6.92 Å². The number of aryl methyl sites for hydroxylation is 1. The standard InChI is InChI=1S/C10H10FN3O/c1-6(15)12-10-13-8-5-7(11)3-4-9(8)14(10)2/h3-5H,1-2H3,(H,12,13,15). The Morgan fingerprint density at radius 2 is 2.27 bits per heavy atom. The summed E-state index contributed by atoms with van der Waals surface area (Å²) >= 11 is 0. The van der Waals surface area contributed by atoms with Crippen molar-refractivity contribution in [3.05, 3.63) is 24.0 Å². The van der Waals surface area contributed by atoms with Crippen molar-refractivity contribution in [1.29, 1.82) is 0 Å². The van der Waals surface area contributed by atoms with Gasteiger partial charge in [0.15, 0.2) is 0 Å². The van der Waals surface area contributed by atoms with E-state index in [2.05, 4.69) is 10.3 Å². The Labute approximate surface area is 85.7 Å². The van der Waals surface area contributed by atoms with Gasteiger partial charge >= 0.3 is 0 Å². The maximum Gasteiger partial charge on any atom is 0.223 e. The van der Waals surface area contributed by atoms with Gasteiger partial charge in [-0.05, 0) is 12.1 Å². The average molecular weight is 207 g/mol. The largest absolute Gasteiger partial charge is 0.313 e. The number of rotatable bonds is 1. The van der Waals surface area contributed by atoms with Crippen molar-refractivity contribution in [2.75, 3.05) is 5.32 Å². The zero-order chi connectivity index (χ0) is 11.0. The molecule has 5 heteroatoms. The monoisotopic (exact) mass is 207 g/mol. The molecule has 0 aliphatic carbocycles. The Morgan fingerprint density at radius 1 is 1.53 bits per heavy atom. The summed E-state index contributed by atoms with van der Waals surface area (Å²) in [5, 5.41) is 2.57. The van der Waals surface area contributed by atoms with E-state index in [0.29, 0.717) is 11.5 Å². The molecule has 4 nitrogen and oxygen atoms in total. The second-order valence-corrected chi connectivity index (χ2v) is 3.31. The van der Waals surface area contributed by atoms with E-state index in [0.717, 1.165) is 5.52 Å². The lowest BCUT2D eigenvalue weighted by Crippen LogP contribution is -2.10. The van der Waals surface area contributed by atoms with Crippen LogP contribution in [0.4, 0.5) is 10.3 Å². The van der Waals surface area contributed by atoms with E-state index in [-0.39, 0.29) is 11.7 Å². The third-order valence-corrected chi connectivity index (χ3v) is 2.13. The number of nitrogens with one attached hydrogen (secondary N) is 1. The van der Waals surface area contributed by atoms with Crippen LogP contribution >= 0.6 is 0 Å². The van der Waals surface area contributed by atoms with Crippen LogP contribution in [0.5, 0.6) is 0 Å². The fourth-order valence-electron chi connectivity index (χ4n) is 1.44. The first-order chi connectivity index (χ1) is 7.08. The number of carbonyl (C=O) groups excluding carboxylic acids is 1. The van der Waals surface area contributed by atoms with Crippen molar-refractivity contribution in [2.45, 2.75) is 6.92 Å². The maximum absolute atomic E-state index is 12.9. The molecule has 0 radical (unpaired) electrons. The maximum atomic E-state index is 12.9. The molecule has 2 aromatic rings. The number of hydrogen-bond acceptors (Lipinski definition) is 2. The number of hydrogen-bond donors (Lipinski definition) is 1. The fourth-order valence-corrected chi connectivity index (χ4v) is 1.44. The van der Waals surface area contributed by atoms with Gasteiger partial charge in [-0.2, -0.15) is 0 Å². The summed E-state index contributed by atoms with van der Waals surface area (Å²) in [6.45, 7) is 1.40. The number of anilines is 1. The molecule has 0 spiro atoms. The number of amides is 1. The SMILES string of the molecule is CC(=O)Nc1nc2cc(F)ccc2n1C. The molecule has 0 aliphatic rings. The number of aromatic nitrogens is 2. The van der Waals surface area contributed by atoms with Crippen LogP contribution in [-0.4, -0.2) is 15.5 Å². The number of benzene rings is 1. The number of fused-ring (bicyclic) bond motifs is 1. The molecule has 0 saturated heterocycles. The van der Waals surface area contributed by atoms with Gasteiger partial charge in [0.25, 0.3) is 0 Å². The van der Waals surface area contributed by atoms with Crippen molar-refractivity contribution < 1.29 is 9.18 Å². The minimum atomic E-state index is -0.338. The molecular weight excluding hydrogens is 197 g/mol. The molecule has 0 saturated carbocycles. The second kappa shape index (κ2) is 3.34. The Kier molecular flexibility index (Phi) is 2.15. The van der Waals surface area contributed by atoms with Crippen molar-refractivity contribution in [2.24, 2.45) is 7.05 Å². The van der Waals surface area contributed by atoms with E-state index >= 15 is 0 Å². The van der Waals surface area contributed by atoms with Crippen LogP contribution in [0.25, 0.3) is 11.0 Å². The quantitative estimate of drug-likeness (QED) is 0.773. The van der Waals surface area contributed by atoms with Crippen molar-refractivity contribution in [1.82, 2.24) is 9.55 Å². The Balaban J connectivity index is 2.58. The average Bonchev–Trinajstić information content (AvgIpc) is 2.42. The van der Waals surface area contributed by atoms with E-state index in [9.17, 15) is 9.18 Å². The summed E-state index contributed by atoms with van der Waals surface area (Å²) in [7, 11) is 1.76. The van der Waals surface area contributed by atoms with Gasteiger partial charge in [0.2, 0.25) is 11.9 Å². The zero-order valence-corrected chi connectivity index (χ0v) is 8.41. The predicted octanol–water partition coefficient (Wildman–Crippen LogP) is 1.67. The lowest BCUT2D eigenvalue weighted by Gasteiger charge is -2.00. The third kappa shape index (κ3) is 1.68. The number of carbonyl (C=O) groups is 1. The van der Waals surface area contributed by atoms with Gasteiger partial charge < -0.3 is 4.57 Å². The van der Waals surface area contributed by atoms with E-state index < -0.39 is 0 Å². The summed E-state index contributed by atoms with van der Waals surface area (Å²) in [5.74, 6) is -0.119. The molecule has 0 aliphatic heterocycles. The topological polar surface area (TPSA) is 46.9 Å². The van der Waals surface area contributed by atoms with Crippen LogP contribution in [0.3, 0.4) is 0 Å². The summed E-state index contributed by atoms with van der Waals surface area (Å²) in [5.41, 5.74) is 1.31. The van der Waals surface area contributed by atoms with E-state index in [1.807, 2.05) is 0 Å². The molecule has 0 atom stereocenters. The Morgan fingerprint density at radius 3 is 2.93 bits per heavy atom. The molecule has 15 heavy (non-hydrogen) atoms. The van der Waals surface area contributed by atoms with Gasteiger partial charge in [0, 0.05) is 20.0 Å². The zero-order valence-electron chi connectivity index (χ0n) is 8.41. The second-order valence-electron chi connectivity index (χ2n) is 3.31. The van der Waals surface area contributed by atoms with Crippen LogP contribution in [0.2, 0.25) is 0 Å². The molecule has 1 amide bonds. The summed E-state index contributed by atoms with van der Waals surface area (Å²) in [4.78, 5) is 15.0. The van der Waals surface area contributed by atoms with Gasteiger partial charge in [-0.3, -0.25) is 10.1 Å². The highest BCUT2D eigenvalue weighted by atomic mass is 19.1. The summed E-state index contributed by atoms with van der Waals surface area (Å²) in [6.07, 6.45) is 0. The minimum Gasteiger partial charge on any atom is -0.313 e. The predicted molar refractivity (Wildman–Crippen MR) is 55.0 cm³/mol. The lowest BCUT2D eigenvalue weighted by molar-refractivity contribution is -0.114. The highest BCUT2D eigenvalue weighted by molar-refractivity contribution is 5.89. The highest BCUT2D eigenvalue weighted by Gasteiger charge is 2.08. The number of nitrogens with zero attached hydrogens (tertiary/aromatic N) is 2. The first-order valence-corrected chi connectivity index (χ1v) is 4.47. The third-order valence-electron chi connectivity index (χ3n) is 2.13. The molecule has 0 unspecified atom stereocenters. The molecule has 1 heterocycles. The normalized spacial score (nSPS) is 10.6. The molecule has 1 aromatic carbocycles. The van der Waals surface area contributed by atoms with Crippen LogP contribution in [-0.2, 0) is 11.8 Å². The van der Waals surface area contributed by atoms with Crippen molar-refractivity contribution in [3.8, 4) is 0 Å². The smallest absolute Gasteiger partial charge is 0.223 e. The van der Waals surface area contributed by atoms with Crippen molar-refractivity contribution >= 4 is 22.9 Å². The summed E-state index contributed by atoms with van der Waals surface area (Å²) in [6, 6.07) is 4.32. The van der Waals surface area contributed by atoms with Gasteiger partial charge in [0.05, 0.1) is 11.0 Å². The van der Waals surface area contributed by atoms with Crippen molar-refractivity contribution in [3.63, 3.8) is 0 Å². The Bertz CT molecular complexity index is 533. The summed E-state index contributed by atoms with van der Waals surface area (Å²) < 4.78 is 14.6. The molecule has 1 N–H and O–H groups in total. The molecule has 78 valence electrons. The Hall–Kier alpha value is -1.91. The lowest BCUT2D eigenvalue weighted by atomic mass is 10.3. The van der Waals surface area contributed by atoms with E-state index in [1.165, 1.54) is 19.1 Å². The van der Waals surface area contributed by atoms with Crippen LogP contribution in [0, 0.1) is 5.82 Å². The number of halogens is 1. The minimum absolute atomic E-state index is 0.200. The van der Waals surface area contributed by atoms with Crippen LogP contribution in [0.15, 0.2) is 18.2 Å². The molecule has 0 bridgehead atoms. The van der Waals surface area contributed by atoms with Gasteiger partial charge in [-0.25, -0.2) is 9.37 Å². The van der Waals surface area contributed by atoms with Gasteiger partial charge in [0.1, 0.15) is 5.82 Å². The fraction of sp³-hybridized carbons (Fsp3) is 0.200. The number of imidazole rings is 1. The molecule has 1 aromatic heterocycles. The van der Waals surface area contributed by atoms with Gasteiger partial charge in [-0.1, -0.05) is 0 Å². The van der Waals surface area contributed by atoms with E-state index in [1.54, 1.807) is 17.7 Å².